The molecule has 9 rings (SSSR count). The molecule has 0 radical (unpaired) electrons. The van der Waals surface area contributed by atoms with Gasteiger partial charge in [-0.1, -0.05) is 97.1 Å². The highest BCUT2D eigenvalue weighted by atomic mass is 15.2. The second-order valence-corrected chi connectivity index (χ2v) is 11.7. The lowest BCUT2D eigenvalue weighted by atomic mass is 10.0. The number of pyridine rings is 1. The van der Waals surface area contributed by atoms with Crippen molar-refractivity contribution in [3.63, 3.8) is 0 Å². The second kappa shape index (κ2) is 11.2. The maximum Gasteiger partial charge on any atom is 0.137 e. The quantitative estimate of drug-likeness (QED) is 0.189. The van der Waals surface area contributed by atoms with Gasteiger partial charge in [-0.2, -0.15) is 0 Å². The molecule has 0 aliphatic rings. The molecule has 0 unspecified atom stereocenters. The second-order valence-electron chi connectivity index (χ2n) is 11.7. The molecule has 3 heterocycles. The molecule has 0 saturated heterocycles. The Kier molecular flexibility index (Phi) is 6.43. The van der Waals surface area contributed by atoms with E-state index < -0.39 is 0 Å². The summed E-state index contributed by atoms with van der Waals surface area (Å²) in [5.41, 5.74) is 10.3. The fraction of sp³-hybridized carbons (Fsp3) is 0. The fourth-order valence-electron chi connectivity index (χ4n) is 6.89. The molecule has 0 aliphatic heterocycles. The number of benzene rings is 6. The number of anilines is 3. The van der Waals surface area contributed by atoms with Gasteiger partial charge in [-0.25, -0.2) is 4.98 Å². The van der Waals surface area contributed by atoms with Gasteiger partial charge in [-0.15, -0.1) is 0 Å². The van der Waals surface area contributed by atoms with Crippen LogP contribution >= 0.6 is 0 Å². The Hall–Kier alpha value is -6.39. The van der Waals surface area contributed by atoms with E-state index in [1.54, 1.807) is 0 Å². The van der Waals surface area contributed by atoms with Gasteiger partial charge in [-0.05, 0) is 90.0 Å². The zero-order valence-corrected chi connectivity index (χ0v) is 25.6. The lowest BCUT2D eigenvalue weighted by Gasteiger charge is -2.24. The van der Waals surface area contributed by atoms with E-state index >= 15 is 0 Å². The van der Waals surface area contributed by atoms with Gasteiger partial charge in [0, 0.05) is 45.1 Å². The van der Waals surface area contributed by atoms with Crippen molar-refractivity contribution in [1.29, 1.82) is 0 Å². The summed E-state index contributed by atoms with van der Waals surface area (Å²) in [6.07, 6.45) is 1.84. The number of nitrogens with zero attached hydrogens (tertiary/aromatic N) is 4. The van der Waals surface area contributed by atoms with Crippen molar-refractivity contribution in [2.24, 2.45) is 0 Å². The van der Waals surface area contributed by atoms with Crippen molar-refractivity contribution in [2.45, 2.75) is 0 Å². The van der Waals surface area contributed by atoms with Crippen LogP contribution in [-0.4, -0.2) is 14.1 Å². The number of hydrogen-bond acceptors (Lipinski definition) is 2. The largest absolute Gasteiger partial charge is 0.295 e. The van der Waals surface area contributed by atoms with Crippen LogP contribution in [-0.2, 0) is 0 Å². The van der Waals surface area contributed by atoms with Gasteiger partial charge in [0.25, 0.3) is 0 Å². The van der Waals surface area contributed by atoms with Gasteiger partial charge in [0.05, 0.1) is 11.0 Å². The normalized spacial score (nSPS) is 11.4. The van der Waals surface area contributed by atoms with Crippen molar-refractivity contribution in [1.82, 2.24) is 14.1 Å². The molecule has 222 valence electrons. The van der Waals surface area contributed by atoms with Crippen LogP contribution in [0.15, 0.2) is 182 Å². The maximum atomic E-state index is 4.67. The molecule has 0 bridgehead atoms. The average Bonchev–Trinajstić information content (AvgIpc) is 3.66. The first-order chi connectivity index (χ1) is 23.3. The standard InChI is InChI=1S/C43H30N4/c1-4-14-33(15-5-1)45(41-22-12-13-29-44-41)36-26-23-31(24-27-36)32-25-28-40-38(30-32)42-37-20-10-11-21-39(37)46(34-16-6-2-7-17-34)43(42)47(40)35-18-8-3-9-19-35/h1-30H. The van der Waals surface area contributed by atoms with E-state index in [1.807, 2.05) is 30.5 Å². The Morgan fingerprint density at radius 1 is 0.426 bits per heavy atom. The summed E-state index contributed by atoms with van der Waals surface area (Å²) in [4.78, 5) is 6.86. The van der Waals surface area contributed by atoms with Gasteiger partial charge in [0.1, 0.15) is 11.5 Å². The van der Waals surface area contributed by atoms with Crippen LogP contribution < -0.4 is 4.90 Å². The van der Waals surface area contributed by atoms with Crippen molar-refractivity contribution in [3.8, 4) is 22.5 Å². The first-order valence-electron chi connectivity index (χ1n) is 15.9. The van der Waals surface area contributed by atoms with Gasteiger partial charge < -0.3 is 0 Å². The van der Waals surface area contributed by atoms with E-state index in [4.69, 9.17) is 0 Å². The lowest BCUT2D eigenvalue weighted by molar-refractivity contribution is 1.07. The molecule has 9 aromatic rings. The number of fused-ring (bicyclic) bond motifs is 5. The minimum atomic E-state index is 0.882. The summed E-state index contributed by atoms with van der Waals surface area (Å²) < 4.78 is 4.82. The molecule has 3 aromatic heterocycles. The van der Waals surface area contributed by atoms with E-state index in [2.05, 4.69) is 171 Å². The number of aromatic nitrogens is 3. The molecule has 4 heteroatoms. The van der Waals surface area contributed by atoms with Gasteiger partial charge in [0.15, 0.2) is 0 Å². The molecule has 6 aromatic carbocycles. The summed E-state index contributed by atoms with van der Waals surface area (Å²) >= 11 is 0. The third kappa shape index (κ3) is 4.50. The van der Waals surface area contributed by atoms with E-state index in [1.165, 1.54) is 38.4 Å². The summed E-state index contributed by atoms with van der Waals surface area (Å²) in [6, 6.07) is 62.2. The molecular formula is C43H30N4. The smallest absolute Gasteiger partial charge is 0.137 e. The predicted octanol–water partition coefficient (Wildman–Crippen LogP) is 11.3. The first-order valence-corrected chi connectivity index (χ1v) is 15.9. The van der Waals surface area contributed by atoms with Crippen LogP contribution in [0.3, 0.4) is 0 Å². The zero-order chi connectivity index (χ0) is 31.2. The van der Waals surface area contributed by atoms with Crippen LogP contribution in [0.2, 0.25) is 0 Å². The molecule has 0 fully saturated rings. The lowest BCUT2D eigenvalue weighted by Crippen LogP contribution is -2.11. The highest BCUT2D eigenvalue weighted by molar-refractivity contribution is 6.23. The fourth-order valence-corrected chi connectivity index (χ4v) is 6.89. The van der Waals surface area contributed by atoms with Crippen molar-refractivity contribution < 1.29 is 0 Å². The highest BCUT2D eigenvalue weighted by Gasteiger charge is 2.22. The molecule has 0 amide bonds. The Morgan fingerprint density at radius 2 is 0.979 bits per heavy atom. The topological polar surface area (TPSA) is 26.0 Å². The third-order valence-electron chi connectivity index (χ3n) is 8.95. The van der Waals surface area contributed by atoms with Crippen molar-refractivity contribution in [3.05, 3.63) is 182 Å². The molecule has 0 spiro atoms. The van der Waals surface area contributed by atoms with Gasteiger partial charge in [-0.3, -0.25) is 14.0 Å². The summed E-state index contributed by atoms with van der Waals surface area (Å²) in [6.45, 7) is 0. The molecule has 0 aliphatic carbocycles. The maximum absolute atomic E-state index is 4.67. The van der Waals surface area contributed by atoms with Crippen LogP contribution in [0.1, 0.15) is 0 Å². The average molecular weight is 603 g/mol. The van der Waals surface area contributed by atoms with Crippen LogP contribution in [0.25, 0.3) is 55.3 Å². The molecule has 4 nitrogen and oxygen atoms in total. The summed E-state index contributed by atoms with van der Waals surface area (Å²) in [7, 11) is 0. The molecular weight excluding hydrogens is 573 g/mol. The number of hydrogen-bond donors (Lipinski definition) is 0. The Balaban J connectivity index is 1.25. The van der Waals surface area contributed by atoms with Crippen LogP contribution in [0.4, 0.5) is 17.2 Å². The van der Waals surface area contributed by atoms with E-state index in [0.29, 0.717) is 0 Å². The van der Waals surface area contributed by atoms with Gasteiger partial charge >= 0.3 is 0 Å². The number of para-hydroxylation sites is 4. The minimum Gasteiger partial charge on any atom is -0.295 e. The Labute approximate surface area is 273 Å². The minimum absolute atomic E-state index is 0.882. The SMILES string of the molecule is c1ccc(N(c2ccc(-c3ccc4c(c3)c3c5ccccc5n(-c5ccccc5)c3n4-c3ccccc3)cc2)c2ccccn2)cc1. The van der Waals surface area contributed by atoms with Crippen molar-refractivity contribution >= 4 is 50.0 Å². The number of rotatable bonds is 6. The van der Waals surface area contributed by atoms with E-state index in [-0.39, 0.29) is 0 Å². The van der Waals surface area contributed by atoms with E-state index in [0.717, 1.165) is 34.1 Å². The summed E-state index contributed by atoms with van der Waals surface area (Å²) in [5, 5.41) is 3.73. The summed E-state index contributed by atoms with van der Waals surface area (Å²) in [5.74, 6) is 0.882. The Bertz CT molecular complexity index is 2440. The predicted molar refractivity (Wildman–Crippen MR) is 196 cm³/mol. The zero-order valence-electron chi connectivity index (χ0n) is 25.6. The van der Waals surface area contributed by atoms with Crippen molar-refractivity contribution in [2.75, 3.05) is 4.90 Å². The van der Waals surface area contributed by atoms with Crippen LogP contribution in [0, 0.1) is 0 Å². The molecule has 47 heavy (non-hydrogen) atoms. The highest BCUT2D eigenvalue weighted by Crippen LogP contribution is 2.42. The van der Waals surface area contributed by atoms with Gasteiger partial charge in [0.2, 0.25) is 0 Å². The first kappa shape index (κ1) is 27.0. The monoisotopic (exact) mass is 602 g/mol. The molecule has 0 saturated carbocycles. The Morgan fingerprint density at radius 3 is 1.64 bits per heavy atom. The molecule has 0 N–H and O–H groups in total. The van der Waals surface area contributed by atoms with E-state index in [9.17, 15) is 0 Å². The van der Waals surface area contributed by atoms with Crippen LogP contribution in [0.5, 0.6) is 0 Å². The third-order valence-corrected chi connectivity index (χ3v) is 8.95. The molecule has 0 atom stereocenters.